The second kappa shape index (κ2) is 7.20. The van der Waals surface area contributed by atoms with Crippen molar-refractivity contribution in [2.24, 2.45) is 0 Å². The van der Waals surface area contributed by atoms with E-state index in [1.54, 1.807) is 26.8 Å². The molecule has 0 heterocycles. The molecule has 22 heavy (non-hydrogen) atoms. The zero-order valence-corrected chi connectivity index (χ0v) is 12.6. The van der Waals surface area contributed by atoms with Crippen LogP contribution in [-0.4, -0.2) is 34.6 Å². The lowest BCUT2D eigenvalue weighted by Crippen LogP contribution is -2.38. The van der Waals surface area contributed by atoms with Gasteiger partial charge in [-0.1, -0.05) is 6.07 Å². The Hall–Kier alpha value is -2.17. The van der Waals surface area contributed by atoms with Gasteiger partial charge in [0.15, 0.2) is 0 Å². The average Bonchev–Trinajstić information content (AvgIpc) is 2.42. The predicted molar refractivity (Wildman–Crippen MR) is 76.3 cm³/mol. The van der Waals surface area contributed by atoms with Gasteiger partial charge in [0.1, 0.15) is 29.7 Å². The molecule has 0 radical (unpaired) electrons. The first kappa shape index (κ1) is 17.9. The van der Waals surface area contributed by atoms with Gasteiger partial charge in [-0.3, -0.25) is 0 Å². The molecule has 1 aromatic rings. The van der Waals surface area contributed by atoms with Gasteiger partial charge in [-0.2, -0.15) is 5.26 Å². The molecule has 1 rings (SSSR count). The molecular formula is C15H19FN2O4. The largest absolute Gasteiger partial charge is 0.444 e. The van der Waals surface area contributed by atoms with E-state index in [1.807, 2.05) is 0 Å². The van der Waals surface area contributed by atoms with Crippen molar-refractivity contribution in [3.05, 3.63) is 35.1 Å². The number of hydrogen-bond acceptors (Lipinski definition) is 5. The highest BCUT2D eigenvalue weighted by molar-refractivity contribution is 5.67. The van der Waals surface area contributed by atoms with Crippen LogP contribution in [0, 0.1) is 17.1 Å². The summed E-state index contributed by atoms with van der Waals surface area (Å²) < 4.78 is 18.5. The lowest BCUT2D eigenvalue weighted by Gasteiger charge is -2.22. The van der Waals surface area contributed by atoms with Crippen molar-refractivity contribution in [3.8, 4) is 6.07 Å². The van der Waals surface area contributed by atoms with Gasteiger partial charge in [0.05, 0.1) is 5.56 Å². The normalized spacial score (nSPS) is 13.9. The third-order valence-electron chi connectivity index (χ3n) is 2.67. The molecule has 0 aliphatic rings. The van der Waals surface area contributed by atoms with Gasteiger partial charge >= 0.3 is 6.09 Å². The standard InChI is InChI=1S/C15H19FN2O4/c1-15(2,3)22-14(21)18-8-12(19)13(20)9-4-5-10(7-17)11(16)6-9/h4-6,12-13,19-20H,8H2,1-3H3,(H,18,21). The van der Waals surface area contributed by atoms with Gasteiger partial charge in [0.25, 0.3) is 0 Å². The molecule has 7 heteroatoms. The number of carbonyl (C=O) groups excluding carboxylic acids is 1. The van der Waals surface area contributed by atoms with Crippen LogP contribution >= 0.6 is 0 Å². The summed E-state index contributed by atoms with van der Waals surface area (Å²) in [7, 11) is 0. The summed E-state index contributed by atoms with van der Waals surface area (Å²) in [6.07, 6.45) is -3.48. The molecule has 0 bridgehead atoms. The molecular weight excluding hydrogens is 291 g/mol. The van der Waals surface area contributed by atoms with Gasteiger partial charge in [-0.25, -0.2) is 9.18 Å². The van der Waals surface area contributed by atoms with Crippen LogP contribution in [0.4, 0.5) is 9.18 Å². The second-order valence-electron chi connectivity index (χ2n) is 5.75. The van der Waals surface area contributed by atoms with Gasteiger partial charge in [-0.15, -0.1) is 0 Å². The summed E-state index contributed by atoms with van der Waals surface area (Å²) in [5.74, 6) is -0.786. The molecule has 1 amide bonds. The van der Waals surface area contributed by atoms with Crippen molar-refractivity contribution >= 4 is 6.09 Å². The Kier molecular flexibility index (Phi) is 5.85. The highest BCUT2D eigenvalue weighted by Crippen LogP contribution is 2.19. The van der Waals surface area contributed by atoms with E-state index in [0.717, 1.165) is 6.07 Å². The summed E-state index contributed by atoms with van der Waals surface area (Å²) >= 11 is 0. The number of nitrogens with zero attached hydrogens (tertiary/aromatic N) is 1. The quantitative estimate of drug-likeness (QED) is 0.784. The van der Waals surface area contributed by atoms with Crippen molar-refractivity contribution in [1.82, 2.24) is 5.32 Å². The van der Waals surface area contributed by atoms with Crippen LogP contribution in [0.3, 0.4) is 0 Å². The molecule has 1 aromatic carbocycles. The van der Waals surface area contributed by atoms with E-state index in [-0.39, 0.29) is 17.7 Å². The summed E-state index contributed by atoms with van der Waals surface area (Å²) in [4.78, 5) is 11.4. The number of rotatable bonds is 4. The zero-order valence-electron chi connectivity index (χ0n) is 12.6. The maximum atomic E-state index is 13.5. The van der Waals surface area contributed by atoms with Crippen LogP contribution in [-0.2, 0) is 4.74 Å². The van der Waals surface area contributed by atoms with Gasteiger partial charge in [0.2, 0.25) is 0 Å². The molecule has 3 N–H and O–H groups in total. The molecule has 120 valence electrons. The smallest absolute Gasteiger partial charge is 0.407 e. The number of aliphatic hydroxyl groups is 2. The molecule has 0 aliphatic carbocycles. The van der Waals surface area contributed by atoms with Crippen molar-refractivity contribution in [2.75, 3.05) is 6.54 Å². The fourth-order valence-electron chi connectivity index (χ4n) is 1.64. The molecule has 0 saturated carbocycles. The van der Waals surface area contributed by atoms with Crippen molar-refractivity contribution < 1.29 is 24.1 Å². The number of nitriles is 1. The van der Waals surface area contributed by atoms with E-state index in [1.165, 1.54) is 12.1 Å². The topological polar surface area (TPSA) is 103 Å². The van der Waals surface area contributed by atoms with E-state index < -0.39 is 29.7 Å². The Morgan fingerprint density at radius 1 is 1.45 bits per heavy atom. The summed E-state index contributed by atoms with van der Waals surface area (Å²) in [5.41, 5.74) is -0.725. The molecule has 0 saturated heterocycles. The Labute approximate surface area is 128 Å². The number of alkyl carbamates (subject to hydrolysis) is 1. The van der Waals surface area contributed by atoms with Gasteiger partial charge in [-0.05, 0) is 38.5 Å². The number of nitrogens with one attached hydrogen (secondary N) is 1. The van der Waals surface area contributed by atoms with Crippen molar-refractivity contribution in [3.63, 3.8) is 0 Å². The maximum Gasteiger partial charge on any atom is 0.407 e. The van der Waals surface area contributed by atoms with Gasteiger partial charge < -0.3 is 20.3 Å². The summed E-state index contributed by atoms with van der Waals surface area (Å²) in [6.45, 7) is 4.81. The highest BCUT2D eigenvalue weighted by atomic mass is 19.1. The molecule has 0 fully saturated rings. The van der Waals surface area contributed by atoms with E-state index in [4.69, 9.17) is 10.00 Å². The van der Waals surface area contributed by atoms with Crippen molar-refractivity contribution in [2.45, 2.75) is 38.6 Å². The van der Waals surface area contributed by atoms with Crippen LogP contribution in [0.25, 0.3) is 0 Å². The Bertz CT molecular complexity index is 578. The minimum atomic E-state index is -1.41. The summed E-state index contributed by atoms with van der Waals surface area (Å²) in [6, 6.07) is 5.18. The fraction of sp³-hybridized carbons (Fsp3) is 0.467. The number of benzene rings is 1. The first-order valence-electron chi connectivity index (χ1n) is 6.66. The predicted octanol–water partition coefficient (Wildman–Crippen LogP) is 1.62. The highest BCUT2D eigenvalue weighted by Gasteiger charge is 2.22. The van der Waals surface area contributed by atoms with Crippen LogP contribution in [0.15, 0.2) is 18.2 Å². The Balaban J connectivity index is 2.62. The first-order chi connectivity index (χ1) is 10.1. The van der Waals surface area contributed by atoms with E-state index in [9.17, 15) is 19.4 Å². The molecule has 6 nitrogen and oxygen atoms in total. The third-order valence-corrected chi connectivity index (χ3v) is 2.67. The van der Waals surface area contributed by atoms with Crippen LogP contribution in [0.2, 0.25) is 0 Å². The molecule has 2 atom stereocenters. The lowest BCUT2D eigenvalue weighted by atomic mass is 10.0. The second-order valence-corrected chi connectivity index (χ2v) is 5.75. The minimum absolute atomic E-state index is 0.106. The molecule has 0 spiro atoms. The van der Waals surface area contributed by atoms with E-state index >= 15 is 0 Å². The van der Waals surface area contributed by atoms with Crippen LogP contribution in [0.1, 0.15) is 38.0 Å². The summed E-state index contributed by atoms with van der Waals surface area (Å²) in [5, 5.41) is 30.7. The number of ether oxygens (including phenoxy) is 1. The number of amides is 1. The SMILES string of the molecule is CC(C)(C)OC(=O)NCC(O)C(O)c1ccc(C#N)c(F)c1. The minimum Gasteiger partial charge on any atom is -0.444 e. The molecule has 0 aliphatic heterocycles. The zero-order chi connectivity index (χ0) is 16.9. The number of carbonyl (C=O) groups is 1. The van der Waals surface area contributed by atoms with E-state index in [2.05, 4.69) is 5.32 Å². The fourth-order valence-corrected chi connectivity index (χ4v) is 1.64. The van der Waals surface area contributed by atoms with Crippen LogP contribution in [0.5, 0.6) is 0 Å². The molecule has 0 aromatic heterocycles. The number of aliphatic hydroxyl groups excluding tert-OH is 2. The lowest BCUT2D eigenvalue weighted by molar-refractivity contribution is 0.0128. The Morgan fingerprint density at radius 3 is 2.59 bits per heavy atom. The Morgan fingerprint density at radius 2 is 2.09 bits per heavy atom. The number of hydrogen-bond donors (Lipinski definition) is 3. The third kappa shape index (κ3) is 5.31. The van der Waals surface area contributed by atoms with Crippen LogP contribution < -0.4 is 5.32 Å². The first-order valence-corrected chi connectivity index (χ1v) is 6.66. The van der Waals surface area contributed by atoms with Gasteiger partial charge in [0, 0.05) is 6.54 Å². The molecule has 2 unspecified atom stereocenters. The average molecular weight is 310 g/mol. The maximum absolute atomic E-state index is 13.5. The monoisotopic (exact) mass is 310 g/mol. The van der Waals surface area contributed by atoms with Crippen molar-refractivity contribution in [1.29, 1.82) is 5.26 Å². The van der Waals surface area contributed by atoms with E-state index in [0.29, 0.717) is 0 Å². The number of halogens is 1.